The highest BCUT2D eigenvalue weighted by atomic mass is 16.3. The summed E-state index contributed by atoms with van der Waals surface area (Å²) in [5.74, 6) is 1.26. The predicted molar refractivity (Wildman–Crippen MR) is 97.9 cm³/mol. The lowest BCUT2D eigenvalue weighted by atomic mass is 9.90. The van der Waals surface area contributed by atoms with Crippen LogP contribution >= 0.6 is 0 Å². The summed E-state index contributed by atoms with van der Waals surface area (Å²) in [5, 5.41) is 10.4. The number of aromatic hydroxyl groups is 1. The number of allylic oxidation sites excluding steroid dienone is 1. The summed E-state index contributed by atoms with van der Waals surface area (Å²) >= 11 is 0. The van der Waals surface area contributed by atoms with Gasteiger partial charge in [0.05, 0.1) is 0 Å². The Kier molecular flexibility index (Phi) is 8.30. The van der Waals surface area contributed by atoms with E-state index in [0.29, 0.717) is 17.6 Å². The van der Waals surface area contributed by atoms with Crippen molar-refractivity contribution < 1.29 is 5.11 Å². The molecule has 0 spiro atoms. The molecule has 0 fully saturated rings. The van der Waals surface area contributed by atoms with E-state index in [1.165, 1.54) is 37.7 Å². The number of aryl methyl sites for hydroxylation is 1. The van der Waals surface area contributed by atoms with E-state index in [0.717, 1.165) is 24.0 Å². The molecule has 0 saturated carbocycles. The molecule has 0 aliphatic heterocycles. The van der Waals surface area contributed by atoms with Crippen molar-refractivity contribution in [1.29, 1.82) is 0 Å². The molecule has 0 aliphatic rings. The molecule has 0 unspecified atom stereocenters. The van der Waals surface area contributed by atoms with Gasteiger partial charge in [-0.15, -0.1) is 6.58 Å². The van der Waals surface area contributed by atoms with Crippen molar-refractivity contribution in [1.82, 2.24) is 0 Å². The van der Waals surface area contributed by atoms with Gasteiger partial charge in [0, 0.05) is 0 Å². The fourth-order valence-corrected chi connectivity index (χ4v) is 2.92. The number of hydrogen-bond acceptors (Lipinski definition) is 1. The van der Waals surface area contributed by atoms with Crippen molar-refractivity contribution in [3.63, 3.8) is 0 Å². The van der Waals surface area contributed by atoms with Gasteiger partial charge in [-0.25, -0.2) is 0 Å². The van der Waals surface area contributed by atoms with Crippen molar-refractivity contribution in [3.8, 4) is 5.75 Å². The van der Waals surface area contributed by atoms with Crippen LogP contribution in [0.25, 0.3) is 0 Å². The molecule has 124 valence electrons. The van der Waals surface area contributed by atoms with E-state index < -0.39 is 0 Å². The zero-order valence-electron chi connectivity index (χ0n) is 15.0. The topological polar surface area (TPSA) is 20.2 Å². The van der Waals surface area contributed by atoms with Gasteiger partial charge < -0.3 is 5.11 Å². The van der Waals surface area contributed by atoms with Crippen LogP contribution in [0.1, 0.15) is 94.7 Å². The number of benzene rings is 1. The average Bonchev–Trinajstić information content (AvgIpc) is 2.47. The highest BCUT2D eigenvalue weighted by Crippen LogP contribution is 2.35. The fraction of sp³-hybridized carbons (Fsp3) is 0.619. The maximum Gasteiger partial charge on any atom is 0.122 e. The second-order valence-electron chi connectivity index (χ2n) is 7.03. The second kappa shape index (κ2) is 9.71. The Morgan fingerprint density at radius 1 is 0.909 bits per heavy atom. The van der Waals surface area contributed by atoms with E-state index in [4.69, 9.17) is 0 Å². The lowest BCUT2D eigenvalue weighted by molar-refractivity contribution is 0.454. The molecule has 0 bridgehead atoms. The maximum absolute atomic E-state index is 10.4. The van der Waals surface area contributed by atoms with Crippen LogP contribution in [0.15, 0.2) is 24.8 Å². The van der Waals surface area contributed by atoms with Crippen LogP contribution in [0.4, 0.5) is 0 Å². The minimum atomic E-state index is 0.372. The zero-order chi connectivity index (χ0) is 16.5. The monoisotopic (exact) mass is 302 g/mol. The van der Waals surface area contributed by atoms with E-state index in [2.05, 4.69) is 46.4 Å². The van der Waals surface area contributed by atoms with Crippen molar-refractivity contribution in [2.24, 2.45) is 0 Å². The highest BCUT2D eigenvalue weighted by Gasteiger charge is 2.14. The molecule has 1 N–H and O–H groups in total. The van der Waals surface area contributed by atoms with Gasteiger partial charge in [0.25, 0.3) is 0 Å². The number of rotatable bonds is 10. The third-order valence-electron chi connectivity index (χ3n) is 4.35. The lowest BCUT2D eigenvalue weighted by Gasteiger charge is -2.17. The van der Waals surface area contributed by atoms with Crippen LogP contribution in [0.3, 0.4) is 0 Å². The smallest absolute Gasteiger partial charge is 0.122 e. The van der Waals surface area contributed by atoms with Crippen LogP contribution in [0, 0.1) is 0 Å². The molecule has 1 nitrogen and oxygen atoms in total. The van der Waals surface area contributed by atoms with E-state index in [1.807, 2.05) is 6.08 Å². The molecule has 0 atom stereocenters. The van der Waals surface area contributed by atoms with Crippen molar-refractivity contribution >= 4 is 0 Å². The van der Waals surface area contributed by atoms with Gasteiger partial charge in [0.15, 0.2) is 0 Å². The van der Waals surface area contributed by atoms with Gasteiger partial charge in [-0.2, -0.15) is 0 Å². The zero-order valence-corrected chi connectivity index (χ0v) is 15.0. The molecule has 0 heterocycles. The lowest BCUT2D eigenvalue weighted by Crippen LogP contribution is -1.99. The molecule has 1 rings (SSSR count). The van der Waals surface area contributed by atoms with Crippen LogP contribution in [0.2, 0.25) is 0 Å². The van der Waals surface area contributed by atoms with Crippen LogP contribution in [-0.2, 0) is 6.42 Å². The second-order valence-corrected chi connectivity index (χ2v) is 7.03. The third-order valence-corrected chi connectivity index (χ3v) is 4.35. The first-order valence-corrected chi connectivity index (χ1v) is 8.94. The molecular formula is C21H34O. The normalized spacial score (nSPS) is 11.4. The van der Waals surface area contributed by atoms with E-state index >= 15 is 0 Å². The standard InChI is InChI=1S/C21H34O/c1-6-7-8-9-10-11-12-13-18-14-19(16(2)3)21(22)20(15-18)17(4)5/h6,14-17,22H,1,7-13H2,2-5H3. The first-order chi connectivity index (χ1) is 10.5. The maximum atomic E-state index is 10.4. The van der Waals surface area contributed by atoms with Crippen molar-refractivity contribution in [2.45, 2.75) is 84.5 Å². The predicted octanol–water partition coefficient (Wildman–Crippen LogP) is 6.71. The fourth-order valence-electron chi connectivity index (χ4n) is 2.92. The van der Waals surface area contributed by atoms with Gasteiger partial charge in [-0.3, -0.25) is 0 Å². The summed E-state index contributed by atoms with van der Waals surface area (Å²) in [7, 11) is 0. The van der Waals surface area contributed by atoms with Gasteiger partial charge in [-0.05, 0) is 54.2 Å². The summed E-state index contributed by atoms with van der Waals surface area (Å²) in [6, 6.07) is 4.42. The molecule has 0 amide bonds. The largest absolute Gasteiger partial charge is 0.507 e. The summed E-state index contributed by atoms with van der Waals surface area (Å²) in [6.45, 7) is 12.4. The van der Waals surface area contributed by atoms with Crippen LogP contribution < -0.4 is 0 Å². The van der Waals surface area contributed by atoms with Crippen molar-refractivity contribution in [2.75, 3.05) is 0 Å². The van der Waals surface area contributed by atoms with Gasteiger partial charge in [0.2, 0.25) is 0 Å². The van der Waals surface area contributed by atoms with E-state index in [-0.39, 0.29) is 0 Å². The third kappa shape index (κ3) is 5.87. The molecule has 0 aromatic heterocycles. The SMILES string of the molecule is C=CCCCCCCCc1cc(C(C)C)c(O)c(C(C)C)c1. The van der Waals surface area contributed by atoms with E-state index in [9.17, 15) is 5.11 Å². The summed E-state index contributed by atoms with van der Waals surface area (Å²) in [6.07, 6.45) is 10.7. The number of phenols is 1. The molecular weight excluding hydrogens is 268 g/mol. The van der Waals surface area contributed by atoms with Crippen molar-refractivity contribution in [3.05, 3.63) is 41.5 Å². The first kappa shape index (κ1) is 18.8. The molecule has 0 radical (unpaired) electrons. The molecule has 1 aromatic rings. The Bertz CT molecular complexity index is 428. The molecule has 0 saturated heterocycles. The van der Waals surface area contributed by atoms with Gasteiger partial charge in [-0.1, -0.05) is 65.2 Å². The van der Waals surface area contributed by atoms with Gasteiger partial charge >= 0.3 is 0 Å². The first-order valence-electron chi connectivity index (χ1n) is 8.94. The quantitative estimate of drug-likeness (QED) is 0.376. The van der Waals surface area contributed by atoms with Gasteiger partial charge in [0.1, 0.15) is 5.75 Å². The highest BCUT2D eigenvalue weighted by molar-refractivity contribution is 5.46. The Labute approximate surface area is 137 Å². The molecule has 22 heavy (non-hydrogen) atoms. The summed E-state index contributed by atoms with van der Waals surface area (Å²) < 4.78 is 0. The summed E-state index contributed by atoms with van der Waals surface area (Å²) in [5.41, 5.74) is 3.59. The summed E-state index contributed by atoms with van der Waals surface area (Å²) in [4.78, 5) is 0. The number of hydrogen-bond donors (Lipinski definition) is 1. The Morgan fingerprint density at radius 2 is 1.41 bits per heavy atom. The molecule has 1 aromatic carbocycles. The minimum Gasteiger partial charge on any atom is -0.507 e. The Hall–Kier alpha value is -1.24. The molecule has 0 aliphatic carbocycles. The number of phenolic OH excluding ortho intramolecular Hbond substituents is 1. The van der Waals surface area contributed by atoms with Crippen LogP contribution in [-0.4, -0.2) is 5.11 Å². The minimum absolute atomic E-state index is 0.372. The number of unbranched alkanes of at least 4 members (excludes halogenated alkanes) is 5. The Morgan fingerprint density at radius 3 is 1.91 bits per heavy atom. The average molecular weight is 303 g/mol. The van der Waals surface area contributed by atoms with E-state index in [1.54, 1.807) is 0 Å². The molecule has 1 heteroatoms. The Balaban J connectivity index is 2.61. The van der Waals surface area contributed by atoms with Crippen LogP contribution in [0.5, 0.6) is 5.75 Å².